The predicted molar refractivity (Wildman–Crippen MR) is 115 cm³/mol. The van der Waals surface area contributed by atoms with Crippen LogP contribution in [0.3, 0.4) is 0 Å². The second-order valence-corrected chi connectivity index (χ2v) is 8.72. The number of hydrogen-bond acceptors (Lipinski definition) is 6. The molecule has 0 spiro atoms. The molecule has 2 heterocycles. The lowest BCUT2D eigenvalue weighted by molar-refractivity contribution is -0.124. The first-order valence-corrected chi connectivity index (χ1v) is 11.4. The molecule has 0 bridgehead atoms. The Morgan fingerprint density at radius 3 is 2.52 bits per heavy atom. The van der Waals surface area contributed by atoms with E-state index in [-0.39, 0.29) is 17.9 Å². The Kier molecular flexibility index (Phi) is 6.31. The van der Waals surface area contributed by atoms with E-state index in [9.17, 15) is 9.59 Å². The molecule has 8 heteroatoms. The SMILES string of the molecule is O=C(NC(C(=O)NC1CCCCC1)c1cccs1)c1ccc(-c2csnn2)cc1. The lowest BCUT2D eigenvalue weighted by Crippen LogP contribution is -2.44. The van der Waals surface area contributed by atoms with Gasteiger partial charge in [0.2, 0.25) is 5.91 Å². The first kappa shape index (κ1) is 19.7. The number of carbonyl (C=O) groups excluding carboxylic acids is 2. The van der Waals surface area contributed by atoms with Gasteiger partial charge in [0, 0.05) is 27.4 Å². The van der Waals surface area contributed by atoms with Gasteiger partial charge in [-0.15, -0.1) is 16.4 Å². The molecule has 1 fully saturated rings. The lowest BCUT2D eigenvalue weighted by atomic mass is 9.95. The molecule has 0 saturated heterocycles. The third-order valence-electron chi connectivity index (χ3n) is 5.12. The Morgan fingerprint density at radius 1 is 1.07 bits per heavy atom. The zero-order chi connectivity index (χ0) is 20.1. The number of hydrogen-bond donors (Lipinski definition) is 2. The average Bonchev–Trinajstić information content (AvgIpc) is 3.47. The van der Waals surface area contributed by atoms with E-state index in [2.05, 4.69) is 20.2 Å². The minimum atomic E-state index is -0.688. The van der Waals surface area contributed by atoms with Crippen molar-refractivity contribution in [2.45, 2.75) is 44.2 Å². The van der Waals surface area contributed by atoms with Crippen molar-refractivity contribution >= 4 is 34.7 Å². The van der Waals surface area contributed by atoms with Gasteiger partial charge >= 0.3 is 0 Å². The van der Waals surface area contributed by atoms with Crippen molar-refractivity contribution in [2.24, 2.45) is 0 Å². The zero-order valence-corrected chi connectivity index (χ0v) is 17.5. The fourth-order valence-corrected chi connectivity index (χ4v) is 4.79. The van der Waals surface area contributed by atoms with Crippen molar-refractivity contribution < 1.29 is 9.59 Å². The van der Waals surface area contributed by atoms with E-state index in [4.69, 9.17) is 0 Å². The van der Waals surface area contributed by atoms with Crippen LogP contribution in [0.1, 0.15) is 53.4 Å². The maximum absolute atomic E-state index is 13.0. The van der Waals surface area contributed by atoms with Crippen LogP contribution in [0, 0.1) is 0 Å². The molecule has 4 rings (SSSR count). The molecule has 1 aliphatic rings. The Bertz CT molecular complexity index is 934. The topological polar surface area (TPSA) is 84.0 Å². The molecule has 1 aliphatic carbocycles. The van der Waals surface area contributed by atoms with Crippen LogP contribution in [0.2, 0.25) is 0 Å². The van der Waals surface area contributed by atoms with E-state index in [1.165, 1.54) is 29.3 Å². The number of amides is 2. The fraction of sp³-hybridized carbons (Fsp3) is 0.333. The molecule has 29 heavy (non-hydrogen) atoms. The van der Waals surface area contributed by atoms with Crippen molar-refractivity contribution in [3.05, 3.63) is 57.6 Å². The van der Waals surface area contributed by atoms with Crippen molar-refractivity contribution in [2.75, 3.05) is 0 Å². The predicted octanol–water partition coefficient (Wildman–Crippen LogP) is 4.19. The quantitative estimate of drug-likeness (QED) is 0.619. The Balaban J connectivity index is 1.46. The van der Waals surface area contributed by atoms with Gasteiger partial charge in [0.05, 0.1) is 0 Å². The molecular formula is C21H22N4O2S2. The summed E-state index contributed by atoms with van der Waals surface area (Å²) in [6.07, 6.45) is 5.52. The summed E-state index contributed by atoms with van der Waals surface area (Å²) in [6.45, 7) is 0. The average molecular weight is 427 g/mol. The van der Waals surface area contributed by atoms with Gasteiger partial charge in [-0.1, -0.05) is 41.9 Å². The van der Waals surface area contributed by atoms with E-state index in [1.54, 1.807) is 12.1 Å². The Morgan fingerprint density at radius 2 is 1.86 bits per heavy atom. The molecule has 0 radical (unpaired) electrons. The molecule has 1 unspecified atom stereocenters. The van der Waals surface area contributed by atoms with E-state index >= 15 is 0 Å². The fourth-order valence-electron chi connectivity index (χ4n) is 3.55. The normalized spacial score (nSPS) is 15.6. The van der Waals surface area contributed by atoms with Crippen LogP contribution in [0.15, 0.2) is 47.2 Å². The Hall–Kier alpha value is -2.58. The summed E-state index contributed by atoms with van der Waals surface area (Å²) >= 11 is 2.76. The second kappa shape index (κ2) is 9.28. The molecule has 3 aromatic rings. The highest BCUT2D eigenvalue weighted by Gasteiger charge is 2.27. The number of carbonyl (C=O) groups is 2. The third-order valence-corrected chi connectivity index (χ3v) is 6.56. The number of aromatic nitrogens is 2. The monoisotopic (exact) mass is 426 g/mol. The summed E-state index contributed by atoms with van der Waals surface area (Å²) in [7, 11) is 0. The number of rotatable bonds is 6. The lowest BCUT2D eigenvalue weighted by Gasteiger charge is -2.25. The summed E-state index contributed by atoms with van der Waals surface area (Å²) in [4.78, 5) is 26.6. The minimum absolute atomic E-state index is 0.141. The summed E-state index contributed by atoms with van der Waals surface area (Å²) in [5, 5.41) is 13.9. The van der Waals surface area contributed by atoms with Crippen LogP contribution in [0.25, 0.3) is 11.3 Å². The van der Waals surface area contributed by atoms with Gasteiger partial charge in [-0.25, -0.2) is 0 Å². The molecule has 1 atom stereocenters. The maximum atomic E-state index is 13.0. The van der Waals surface area contributed by atoms with Gasteiger partial charge in [-0.05, 0) is 48.0 Å². The van der Waals surface area contributed by atoms with Gasteiger partial charge in [-0.2, -0.15) is 0 Å². The third kappa shape index (κ3) is 4.89. The van der Waals surface area contributed by atoms with Gasteiger partial charge in [-0.3, -0.25) is 9.59 Å². The van der Waals surface area contributed by atoms with Gasteiger partial charge < -0.3 is 10.6 Å². The van der Waals surface area contributed by atoms with Crippen molar-refractivity contribution in [3.63, 3.8) is 0 Å². The number of nitrogens with zero attached hydrogens (tertiary/aromatic N) is 2. The van der Waals surface area contributed by atoms with E-state index in [0.29, 0.717) is 5.56 Å². The summed E-state index contributed by atoms with van der Waals surface area (Å²) in [5.74, 6) is -0.414. The van der Waals surface area contributed by atoms with Crippen LogP contribution < -0.4 is 10.6 Å². The van der Waals surface area contributed by atoms with Crippen molar-refractivity contribution in [1.29, 1.82) is 0 Å². The second-order valence-electron chi connectivity index (χ2n) is 7.13. The molecule has 6 nitrogen and oxygen atoms in total. The van der Waals surface area contributed by atoms with Crippen LogP contribution in [-0.2, 0) is 4.79 Å². The molecule has 1 aromatic carbocycles. The summed E-state index contributed by atoms with van der Waals surface area (Å²) in [5.41, 5.74) is 2.19. The van der Waals surface area contributed by atoms with Crippen LogP contribution in [0.5, 0.6) is 0 Å². The maximum Gasteiger partial charge on any atom is 0.252 e. The van der Waals surface area contributed by atoms with Gasteiger partial charge in [0.25, 0.3) is 5.91 Å². The highest BCUT2D eigenvalue weighted by Crippen LogP contribution is 2.23. The van der Waals surface area contributed by atoms with E-state index < -0.39 is 6.04 Å². The molecule has 2 aromatic heterocycles. The highest BCUT2D eigenvalue weighted by atomic mass is 32.1. The first-order valence-electron chi connectivity index (χ1n) is 9.73. The van der Waals surface area contributed by atoms with Crippen LogP contribution >= 0.6 is 22.9 Å². The number of benzene rings is 1. The number of thiophene rings is 1. The Labute approximate surface area is 177 Å². The smallest absolute Gasteiger partial charge is 0.252 e. The molecule has 150 valence electrons. The molecular weight excluding hydrogens is 404 g/mol. The van der Waals surface area contributed by atoms with Gasteiger partial charge in [0.15, 0.2) is 0 Å². The first-order chi connectivity index (χ1) is 14.2. The van der Waals surface area contributed by atoms with E-state index in [1.807, 2.05) is 35.0 Å². The van der Waals surface area contributed by atoms with Crippen molar-refractivity contribution in [1.82, 2.24) is 20.2 Å². The van der Waals surface area contributed by atoms with Crippen molar-refractivity contribution in [3.8, 4) is 11.3 Å². The highest BCUT2D eigenvalue weighted by molar-refractivity contribution is 7.10. The minimum Gasteiger partial charge on any atom is -0.351 e. The van der Waals surface area contributed by atoms with Crippen LogP contribution in [-0.4, -0.2) is 27.4 Å². The standard InChI is InChI=1S/C21H22N4O2S2/c26-20(15-10-8-14(9-11-15)17-13-29-25-24-17)23-19(18-7-4-12-28-18)21(27)22-16-5-2-1-3-6-16/h4,7-13,16,19H,1-3,5-6H2,(H,22,27)(H,23,26). The number of nitrogens with one attached hydrogen (secondary N) is 2. The summed E-state index contributed by atoms with van der Waals surface area (Å²) in [6, 6.07) is 10.5. The molecule has 1 saturated carbocycles. The zero-order valence-electron chi connectivity index (χ0n) is 15.8. The molecule has 2 N–H and O–H groups in total. The van der Waals surface area contributed by atoms with E-state index in [0.717, 1.165) is 41.8 Å². The molecule has 2 amide bonds. The largest absolute Gasteiger partial charge is 0.351 e. The van der Waals surface area contributed by atoms with Gasteiger partial charge in [0.1, 0.15) is 11.7 Å². The van der Waals surface area contributed by atoms with Crippen LogP contribution in [0.4, 0.5) is 0 Å². The molecule has 0 aliphatic heterocycles. The summed E-state index contributed by atoms with van der Waals surface area (Å²) < 4.78 is 3.86.